The molecule has 37 heavy (non-hydrogen) atoms. The van der Waals surface area contributed by atoms with E-state index in [1.54, 1.807) is 6.07 Å². The van der Waals surface area contributed by atoms with E-state index in [2.05, 4.69) is 40.2 Å². The lowest BCUT2D eigenvalue weighted by Gasteiger charge is -2.51. The van der Waals surface area contributed by atoms with Crippen LogP contribution in [0.25, 0.3) is 10.9 Å². The van der Waals surface area contributed by atoms with Gasteiger partial charge in [0, 0.05) is 42.8 Å². The van der Waals surface area contributed by atoms with Crippen molar-refractivity contribution in [2.45, 2.75) is 50.5 Å². The molecule has 1 aliphatic heterocycles. The number of aromatic amines is 1. The van der Waals surface area contributed by atoms with Crippen LogP contribution in [0.1, 0.15) is 64.3 Å². The van der Waals surface area contributed by atoms with Gasteiger partial charge in [-0.25, -0.2) is 4.39 Å². The Labute approximate surface area is 218 Å². The van der Waals surface area contributed by atoms with Gasteiger partial charge in [-0.1, -0.05) is 48.0 Å². The predicted octanol–water partition coefficient (Wildman–Crippen LogP) is 6.93. The molecule has 1 N–H and O–H groups in total. The van der Waals surface area contributed by atoms with Crippen LogP contribution in [0.2, 0.25) is 0 Å². The molecular weight excluding hydrogens is 461 g/mol. The lowest BCUT2D eigenvalue weighted by molar-refractivity contribution is 0.0226. The zero-order valence-corrected chi connectivity index (χ0v) is 21.9. The van der Waals surface area contributed by atoms with Crippen molar-refractivity contribution in [1.29, 1.82) is 0 Å². The number of hydrogen-bond acceptors (Lipinski definition) is 2. The Morgan fingerprint density at radius 2 is 1.73 bits per heavy atom. The van der Waals surface area contributed by atoms with Crippen molar-refractivity contribution in [3.05, 3.63) is 100 Å². The highest BCUT2D eigenvalue weighted by atomic mass is 19.1. The van der Waals surface area contributed by atoms with Crippen molar-refractivity contribution in [2.24, 2.45) is 0 Å². The summed E-state index contributed by atoms with van der Waals surface area (Å²) in [4.78, 5) is 21.8. The summed E-state index contributed by atoms with van der Waals surface area (Å²) >= 11 is 0. The molecule has 3 aromatic carbocycles. The van der Waals surface area contributed by atoms with E-state index in [1.165, 1.54) is 16.6 Å². The Kier molecular flexibility index (Phi) is 5.82. The highest BCUT2D eigenvalue weighted by Crippen LogP contribution is 2.52. The summed E-state index contributed by atoms with van der Waals surface area (Å²) in [5.41, 5.74) is 6.94. The minimum atomic E-state index is -0.392. The Morgan fingerprint density at radius 3 is 2.46 bits per heavy atom. The lowest BCUT2D eigenvalue weighted by Crippen LogP contribution is -2.55. The van der Waals surface area contributed by atoms with Crippen LogP contribution in [0, 0.1) is 12.7 Å². The fourth-order valence-electron chi connectivity index (χ4n) is 6.84. The van der Waals surface area contributed by atoms with Crippen molar-refractivity contribution < 1.29 is 9.18 Å². The summed E-state index contributed by atoms with van der Waals surface area (Å²) in [6, 6.07) is 21.9. The molecule has 1 saturated carbocycles. The summed E-state index contributed by atoms with van der Waals surface area (Å²) in [5, 5.41) is 1.27. The van der Waals surface area contributed by atoms with Crippen LogP contribution in [-0.2, 0) is 12.0 Å². The highest BCUT2D eigenvalue weighted by molar-refractivity contribution is 5.96. The number of H-pyrrole nitrogens is 1. The molecule has 0 unspecified atom stereocenters. The minimum absolute atomic E-state index is 0.0995. The minimum Gasteiger partial charge on any atom is -0.375 e. The van der Waals surface area contributed by atoms with Gasteiger partial charge >= 0.3 is 0 Å². The zero-order valence-electron chi connectivity index (χ0n) is 21.9. The molecule has 4 nitrogen and oxygen atoms in total. The van der Waals surface area contributed by atoms with Crippen molar-refractivity contribution in [2.75, 3.05) is 25.5 Å². The number of carbonyl (C=O) groups excluding carboxylic acids is 1. The van der Waals surface area contributed by atoms with Crippen molar-refractivity contribution >= 4 is 22.5 Å². The van der Waals surface area contributed by atoms with Gasteiger partial charge in [-0.15, -0.1) is 0 Å². The molecule has 1 aliphatic carbocycles. The number of hydrogen-bond donors (Lipinski definition) is 1. The first-order valence-electron chi connectivity index (χ1n) is 13.3. The average molecular weight is 496 g/mol. The second-order valence-corrected chi connectivity index (χ2v) is 11.0. The van der Waals surface area contributed by atoms with E-state index < -0.39 is 5.54 Å². The smallest absolute Gasteiger partial charge is 0.254 e. The number of nitrogens with one attached hydrogen (secondary N) is 1. The summed E-state index contributed by atoms with van der Waals surface area (Å²) < 4.78 is 14.8. The number of benzene rings is 3. The number of halogens is 1. The fourth-order valence-corrected chi connectivity index (χ4v) is 6.84. The van der Waals surface area contributed by atoms with Gasteiger partial charge in [-0.3, -0.25) is 4.79 Å². The summed E-state index contributed by atoms with van der Waals surface area (Å²) in [6.45, 7) is 2.75. The molecule has 0 radical (unpaired) electrons. The molecule has 2 aliphatic rings. The Morgan fingerprint density at radius 1 is 1.00 bits per heavy atom. The number of rotatable bonds is 3. The zero-order chi connectivity index (χ0) is 25.7. The first-order valence-corrected chi connectivity index (χ1v) is 13.3. The van der Waals surface area contributed by atoms with Gasteiger partial charge in [0.1, 0.15) is 5.82 Å². The maximum absolute atomic E-state index is 14.8. The summed E-state index contributed by atoms with van der Waals surface area (Å²) in [5.74, 6) is 0.182. The van der Waals surface area contributed by atoms with Crippen molar-refractivity contribution in [3.8, 4) is 0 Å². The molecular formula is C32H34FN3O. The number of amides is 1. The Balaban J connectivity index is 1.41. The fraction of sp³-hybridized carbons (Fsp3) is 0.344. The Bertz CT molecular complexity index is 1460. The molecule has 4 aromatic rings. The van der Waals surface area contributed by atoms with E-state index >= 15 is 0 Å². The summed E-state index contributed by atoms with van der Waals surface area (Å²) in [7, 11) is 3.82. The average Bonchev–Trinajstić information content (AvgIpc) is 3.29. The second kappa shape index (κ2) is 9.05. The van der Waals surface area contributed by atoms with Crippen LogP contribution in [-0.4, -0.2) is 36.4 Å². The molecule has 1 fully saturated rings. The number of carbonyl (C=O) groups is 1. The third-order valence-electron chi connectivity index (χ3n) is 8.64. The van der Waals surface area contributed by atoms with Gasteiger partial charge in [-0.2, -0.15) is 0 Å². The number of fused-ring (bicyclic) bond motifs is 4. The molecule has 6 rings (SSSR count). The molecule has 0 bridgehead atoms. The number of aryl methyl sites for hydroxylation is 1. The quantitative estimate of drug-likeness (QED) is 0.335. The van der Waals surface area contributed by atoms with Crippen LogP contribution >= 0.6 is 0 Å². The van der Waals surface area contributed by atoms with Crippen LogP contribution in [0.15, 0.2) is 66.7 Å². The van der Waals surface area contributed by atoms with E-state index in [0.717, 1.165) is 54.3 Å². The van der Waals surface area contributed by atoms with Gasteiger partial charge in [0.05, 0.1) is 11.2 Å². The maximum Gasteiger partial charge on any atom is 0.254 e. The van der Waals surface area contributed by atoms with Gasteiger partial charge in [0.25, 0.3) is 5.91 Å². The van der Waals surface area contributed by atoms with Gasteiger partial charge in [-0.05, 0) is 80.3 Å². The molecule has 2 heterocycles. The Hall–Kier alpha value is -3.60. The number of aromatic nitrogens is 1. The van der Waals surface area contributed by atoms with Crippen LogP contribution in [0.5, 0.6) is 0 Å². The van der Waals surface area contributed by atoms with Gasteiger partial charge in [0.15, 0.2) is 0 Å². The molecule has 5 heteroatoms. The standard InChI is InChI=1S/C32H34FN3O/c1-21-11-13-23(14-12-21)31(37)36-20-17-26-25-7-4-5-10-28(25)34-30(26)32(36)18-15-22(16-19-32)24-8-6-9-27(33)29(24)35(2)3/h4-14,22,34H,15-20H2,1-3H3. The molecule has 1 aromatic heterocycles. The van der Waals surface area contributed by atoms with Gasteiger partial charge < -0.3 is 14.8 Å². The normalized spacial score (nSPS) is 21.3. The molecule has 0 saturated heterocycles. The van der Waals surface area contributed by atoms with Crippen LogP contribution in [0.4, 0.5) is 10.1 Å². The second-order valence-electron chi connectivity index (χ2n) is 11.0. The van der Waals surface area contributed by atoms with E-state index in [1.807, 2.05) is 56.3 Å². The van der Waals surface area contributed by atoms with E-state index in [9.17, 15) is 9.18 Å². The molecule has 1 spiro atoms. The van der Waals surface area contributed by atoms with E-state index in [4.69, 9.17) is 0 Å². The number of para-hydroxylation sites is 2. The molecule has 1 amide bonds. The predicted molar refractivity (Wildman–Crippen MR) is 148 cm³/mol. The van der Waals surface area contributed by atoms with E-state index in [0.29, 0.717) is 12.2 Å². The third-order valence-corrected chi connectivity index (χ3v) is 8.64. The summed E-state index contributed by atoms with van der Waals surface area (Å²) in [6.07, 6.45) is 4.33. The molecule has 0 atom stereocenters. The SMILES string of the molecule is Cc1ccc(C(=O)N2CCc3c([nH]c4ccccc34)C23CCC(c2cccc(F)c2N(C)C)CC3)cc1. The lowest BCUT2D eigenvalue weighted by atomic mass is 9.69. The molecule has 190 valence electrons. The van der Waals surface area contributed by atoms with E-state index in [-0.39, 0.29) is 17.6 Å². The highest BCUT2D eigenvalue weighted by Gasteiger charge is 2.49. The van der Waals surface area contributed by atoms with Crippen molar-refractivity contribution in [3.63, 3.8) is 0 Å². The first-order chi connectivity index (χ1) is 17.9. The van der Waals surface area contributed by atoms with Crippen LogP contribution in [0.3, 0.4) is 0 Å². The van der Waals surface area contributed by atoms with Gasteiger partial charge in [0.2, 0.25) is 0 Å². The number of nitrogens with zero attached hydrogens (tertiary/aromatic N) is 2. The van der Waals surface area contributed by atoms with Crippen molar-refractivity contribution in [1.82, 2.24) is 9.88 Å². The topological polar surface area (TPSA) is 39.3 Å². The number of anilines is 1. The monoisotopic (exact) mass is 495 g/mol. The maximum atomic E-state index is 14.8. The first kappa shape index (κ1) is 23.8. The third kappa shape index (κ3) is 3.83. The largest absolute Gasteiger partial charge is 0.375 e. The van der Waals surface area contributed by atoms with Crippen LogP contribution < -0.4 is 4.90 Å².